The van der Waals surface area contributed by atoms with Crippen LogP contribution in [0.2, 0.25) is 0 Å². The topological polar surface area (TPSA) is 74.7 Å². The maximum atomic E-state index is 12.4. The fourth-order valence-electron chi connectivity index (χ4n) is 1.77. The number of carbonyl (C=O) groups is 1. The summed E-state index contributed by atoms with van der Waals surface area (Å²) in [6.45, 7) is 4.78. The molecule has 0 spiro atoms. The quantitative estimate of drug-likeness (QED) is 0.669. The molecular weight excluding hydrogens is 289 g/mol. The molecule has 0 aliphatic heterocycles. The van der Waals surface area contributed by atoms with E-state index in [4.69, 9.17) is 5.11 Å². The largest absolute Gasteiger partial charge is 1.00 e. The van der Waals surface area contributed by atoms with Gasteiger partial charge in [0, 0.05) is 13.1 Å². The molecule has 0 unspecified atom stereocenters. The number of rotatable bonds is 7. The van der Waals surface area contributed by atoms with E-state index in [0.717, 1.165) is 12.8 Å². The molecule has 0 heterocycles. The van der Waals surface area contributed by atoms with Crippen molar-refractivity contribution in [2.45, 2.75) is 31.6 Å². The molecule has 0 bridgehead atoms. The summed E-state index contributed by atoms with van der Waals surface area (Å²) in [6, 6.07) is 5.31. The van der Waals surface area contributed by atoms with Crippen LogP contribution in [0.3, 0.4) is 0 Å². The molecule has 20 heavy (non-hydrogen) atoms. The Balaban J connectivity index is 0.00000361. The summed E-state index contributed by atoms with van der Waals surface area (Å²) in [7, 11) is -3.53. The van der Waals surface area contributed by atoms with Crippen LogP contribution in [0, 0.1) is 0 Å². The average molecular weight is 308 g/mol. The van der Waals surface area contributed by atoms with Crippen LogP contribution in [-0.2, 0) is 10.0 Å². The summed E-state index contributed by atoms with van der Waals surface area (Å²) >= 11 is 0. The van der Waals surface area contributed by atoms with Crippen molar-refractivity contribution in [2.24, 2.45) is 0 Å². The second-order valence-electron chi connectivity index (χ2n) is 4.23. The molecule has 1 aromatic rings. The first-order chi connectivity index (χ1) is 8.93. The number of benzene rings is 1. The van der Waals surface area contributed by atoms with Crippen molar-refractivity contribution in [1.82, 2.24) is 4.31 Å². The zero-order valence-corrected chi connectivity index (χ0v) is 15.0. The van der Waals surface area contributed by atoms with Crippen LogP contribution in [0.4, 0.5) is 0 Å². The van der Waals surface area contributed by atoms with Crippen molar-refractivity contribution in [3.63, 3.8) is 0 Å². The second kappa shape index (κ2) is 8.79. The van der Waals surface area contributed by atoms with E-state index in [1.54, 1.807) is 0 Å². The predicted octanol–water partition coefficient (Wildman–Crippen LogP) is -0.800. The van der Waals surface area contributed by atoms with E-state index < -0.39 is 16.0 Å². The molecule has 0 radical (unpaired) electrons. The van der Waals surface area contributed by atoms with Gasteiger partial charge in [-0.1, -0.05) is 13.8 Å². The molecular formula is C13H19NNaO4S+. The Morgan fingerprint density at radius 2 is 1.55 bits per heavy atom. The van der Waals surface area contributed by atoms with Gasteiger partial charge in [0.2, 0.25) is 10.0 Å². The monoisotopic (exact) mass is 308 g/mol. The van der Waals surface area contributed by atoms with Gasteiger partial charge >= 0.3 is 35.5 Å². The Morgan fingerprint density at radius 3 is 1.90 bits per heavy atom. The van der Waals surface area contributed by atoms with Gasteiger partial charge in [0.1, 0.15) is 0 Å². The summed E-state index contributed by atoms with van der Waals surface area (Å²) < 4.78 is 26.2. The van der Waals surface area contributed by atoms with Crippen LogP contribution in [0.5, 0.6) is 0 Å². The van der Waals surface area contributed by atoms with Crippen LogP contribution in [-0.4, -0.2) is 36.9 Å². The summed E-state index contributed by atoms with van der Waals surface area (Å²) in [4.78, 5) is 10.9. The van der Waals surface area contributed by atoms with Gasteiger partial charge in [-0.2, -0.15) is 4.31 Å². The van der Waals surface area contributed by atoms with E-state index in [9.17, 15) is 13.2 Å². The van der Waals surface area contributed by atoms with Gasteiger partial charge in [-0.15, -0.1) is 0 Å². The molecule has 0 amide bonds. The molecule has 0 saturated carbocycles. The average Bonchev–Trinajstić information content (AvgIpc) is 2.38. The Kier molecular flexibility index (Phi) is 8.62. The first-order valence-electron chi connectivity index (χ1n) is 6.27. The zero-order chi connectivity index (χ0) is 14.5. The van der Waals surface area contributed by atoms with Gasteiger partial charge in [-0.25, -0.2) is 13.2 Å². The summed E-state index contributed by atoms with van der Waals surface area (Å²) in [5, 5.41) is 8.80. The molecule has 0 saturated heterocycles. The van der Waals surface area contributed by atoms with Crippen LogP contribution in [0.25, 0.3) is 0 Å². The predicted molar refractivity (Wildman–Crippen MR) is 72.7 cm³/mol. The summed E-state index contributed by atoms with van der Waals surface area (Å²) in [6.07, 6.45) is 1.48. The number of carboxylic acid groups (broad SMARTS) is 1. The van der Waals surface area contributed by atoms with E-state index in [1.165, 1.54) is 28.6 Å². The van der Waals surface area contributed by atoms with Gasteiger partial charge in [0.05, 0.1) is 10.5 Å². The molecule has 0 atom stereocenters. The number of aromatic carboxylic acids is 1. The standard InChI is InChI=1S/C13H19NO4S.Na/c1-3-9-14(10-4-2)19(17,18)12-7-5-11(6-8-12)13(15)16;/h5-8H,3-4,9-10H2,1-2H3,(H,15,16);/q;+1. The fraction of sp³-hybridized carbons (Fsp3) is 0.462. The first kappa shape index (κ1) is 19.6. The molecule has 0 aliphatic carbocycles. The van der Waals surface area contributed by atoms with Crippen molar-refractivity contribution < 1.29 is 47.9 Å². The molecule has 0 aromatic heterocycles. The van der Waals surface area contributed by atoms with Crippen molar-refractivity contribution in [1.29, 1.82) is 0 Å². The number of carboxylic acids is 1. The Labute approximate surface area is 142 Å². The number of nitrogens with zero attached hydrogens (tertiary/aromatic N) is 1. The second-order valence-corrected chi connectivity index (χ2v) is 6.17. The van der Waals surface area contributed by atoms with E-state index in [2.05, 4.69) is 0 Å². The van der Waals surface area contributed by atoms with Gasteiger partial charge in [0.15, 0.2) is 0 Å². The normalized spacial score (nSPS) is 11.2. The van der Waals surface area contributed by atoms with Gasteiger partial charge in [-0.3, -0.25) is 0 Å². The van der Waals surface area contributed by atoms with E-state index >= 15 is 0 Å². The minimum Gasteiger partial charge on any atom is -0.478 e. The van der Waals surface area contributed by atoms with E-state index in [1.807, 2.05) is 13.8 Å². The maximum Gasteiger partial charge on any atom is 1.00 e. The SMILES string of the molecule is CCCN(CCC)S(=O)(=O)c1ccc(C(=O)O)cc1.[Na+]. The van der Waals surface area contributed by atoms with Crippen molar-refractivity contribution in [3.05, 3.63) is 29.8 Å². The summed E-state index contributed by atoms with van der Waals surface area (Å²) in [5.74, 6) is -1.07. The molecule has 0 aliphatic rings. The van der Waals surface area contributed by atoms with Gasteiger partial charge in [0.25, 0.3) is 0 Å². The minimum atomic E-state index is -3.53. The van der Waals surface area contributed by atoms with Crippen LogP contribution < -0.4 is 29.6 Å². The number of hydrogen-bond donors (Lipinski definition) is 1. The Bertz CT molecular complexity index is 522. The van der Waals surface area contributed by atoms with Crippen LogP contribution >= 0.6 is 0 Å². The molecule has 106 valence electrons. The molecule has 1 rings (SSSR count). The summed E-state index contributed by atoms with van der Waals surface area (Å²) in [5.41, 5.74) is 0.0801. The van der Waals surface area contributed by atoms with Gasteiger partial charge < -0.3 is 5.11 Å². The third-order valence-corrected chi connectivity index (χ3v) is 4.60. The number of hydrogen-bond acceptors (Lipinski definition) is 3. The number of sulfonamides is 1. The molecule has 7 heteroatoms. The maximum absolute atomic E-state index is 12.4. The van der Waals surface area contributed by atoms with Crippen molar-refractivity contribution in [2.75, 3.05) is 13.1 Å². The van der Waals surface area contributed by atoms with E-state index in [-0.39, 0.29) is 40.0 Å². The fourth-order valence-corrected chi connectivity index (χ4v) is 3.39. The third-order valence-electron chi connectivity index (χ3n) is 2.69. The Hall–Kier alpha value is -0.400. The Morgan fingerprint density at radius 1 is 1.10 bits per heavy atom. The molecule has 0 fully saturated rings. The molecule has 1 N–H and O–H groups in total. The molecule has 5 nitrogen and oxygen atoms in total. The molecule has 1 aromatic carbocycles. The minimum absolute atomic E-state index is 0. The first-order valence-corrected chi connectivity index (χ1v) is 7.71. The zero-order valence-electron chi connectivity index (χ0n) is 12.2. The van der Waals surface area contributed by atoms with Gasteiger partial charge in [-0.05, 0) is 37.1 Å². The third kappa shape index (κ3) is 4.86. The van der Waals surface area contributed by atoms with Crippen LogP contribution in [0.1, 0.15) is 37.0 Å². The smallest absolute Gasteiger partial charge is 0.478 e. The van der Waals surface area contributed by atoms with Crippen molar-refractivity contribution >= 4 is 16.0 Å². The van der Waals surface area contributed by atoms with E-state index in [0.29, 0.717) is 13.1 Å². The van der Waals surface area contributed by atoms with Crippen LogP contribution in [0.15, 0.2) is 29.2 Å². The van der Waals surface area contributed by atoms with Crippen molar-refractivity contribution in [3.8, 4) is 0 Å².